The zero-order valence-electron chi connectivity index (χ0n) is 33.7. The second kappa shape index (κ2) is 13.3. The average molecular weight is 761 g/mol. The Hall–Kier alpha value is -7.04. The molecule has 9 aromatic rings. The summed E-state index contributed by atoms with van der Waals surface area (Å²) >= 11 is 0. The van der Waals surface area contributed by atoms with Gasteiger partial charge in [0.2, 0.25) is 0 Å². The summed E-state index contributed by atoms with van der Waals surface area (Å²) in [6.07, 6.45) is -0.420. The van der Waals surface area contributed by atoms with E-state index in [0.717, 1.165) is 39.6 Å². The van der Waals surface area contributed by atoms with E-state index < -0.39 is 6.17 Å². The fraction of sp³-hybridized carbons (Fsp3) is 0.127. The third-order valence-electron chi connectivity index (χ3n) is 13.4. The average Bonchev–Trinajstić information content (AvgIpc) is 3.63. The van der Waals surface area contributed by atoms with Crippen molar-refractivity contribution in [1.82, 2.24) is 9.88 Å². The van der Waals surface area contributed by atoms with Crippen LogP contribution in [0, 0.1) is 0 Å². The van der Waals surface area contributed by atoms with Crippen molar-refractivity contribution < 1.29 is 0 Å². The minimum atomic E-state index is -0.420. The Bertz CT molecular complexity index is 3170. The van der Waals surface area contributed by atoms with E-state index in [-0.39, 0.29) is 10.8 Å². The molecule has 4 nitrogen and oxygen atoms in total. The van der Waals surface area contributed by atoms with Gasteiger partial charge in [-0.05, 0) is 90.9 Å². The molecular formula is C55H44N4. The van der Waals surface area contributed by atoms with Crippen LogP contribution in [0.1, 0.15) is 61.7 Å². The van der Waals surface area contributed by atoms with Crippen LogP contribution in [0.2, 0.25) is 0 Å². The standard InChI is InChI=1S/C55H44N4/c1-54(2)44-31-28-36-18-11-12-23-42(36)48(44)50-45(55(54,3)4)32-33-47-49(50)43-24-13-14-25-46(43)59(47)41-29-26-38(27-30-41)52-56-51(37-19-9-6-10-20-37)57-53(58-52)40-22-15-21-39(34-40)35-16-7-5-8-17-35/h5-34,52H,1-4H3,(H,56,57,58). The summed E-state index contributed by atoms with van der Waals surface area (Å²) in [7, 11) is 0. The Morgan fingerprint density at radius 2 is 1.03 bits per heavy atom. The Morgan fingerprint density at radius 3 is 1.78 bits per heavy atom. The Morgan fingerprint density at radius 1 is 0.458 bits per heavy atom. The summed E-state index contributed by atoms with van der Waals surface area (Å²) in [5, 5.41) is 8.75. The van der Waals surface area contributed by atoms with Crippen LogP contribution >= 0.6 is 0 Å². The van der Waals surface area contributed by atoms with E-state index in [1.807, 2.05) is 6.07 Å². The van der Waals surface area contributed by atoms with Gasteiger partial charge < -0.3 is 9.88 Å². The smallest absolute Gasteiger partial charge is 0.169 e. The van der Waals surface area contributed by atoms with Crippen LogP contribution in [0.5, 0.6) is 0 Å². The molecule has 4 heteroatoms. The molecule has 2 heterocycles. The highest BCUT2D eigenvalue weighted by Gasteiger charge is 2.47. The van der Waals surface area contributed by atoms with Crippen LogP contribution in [0.25, 0.3) is 60.5 Å². The quantitative estimate of drug-likeness (QED) is 0.186. The maximum Gasteiger partial charge on any atom is 0.169 e. The van der Waals surface area contributed by atoms with Gasteiger partial charge in [-0.1, -0.05) is 179 Å². The van der Waals surface area contributed by atoms with Gasteiger partial charge in [-0.2, -0.15) is 0 Å². The molecule has 0 amide bonds. The SMILES string of the molecule is CC1(C)c2ccc3ccccc3c2-c2c(ccc3c2c2ccccc2n3-c2ccc(C3N=C(c4ccccc4)NC(c4cccc(-c5ccccc5)c4)=N3)cc2)C1(C)C. The van der Waals surface area contributed by atoms with E-state index >= 15 is 0 Å². The molecule has 284 valence electrons. The molecule has 1 aromatic heterocycles. The number of para-hydroxylation sites is 1. The van der Waals surface area contributed by atoms with Gasteiger partial charge >= 0.3 is 0 Å². The number of nitrogens with one attached hydrogen (secondary N) is 1. The number of aromatic nitrogens is 1. The molecule has 1 aliphatic heterocycles. The fourth-order valence-electron chi connectivity index (χ4n) is 9.62. The van der Waals surface area contributed by atoms with E-state index in [0.29, 0.717) is 0 Å². The molecule has 1 atom stereocenters. The topological polar surface area (TPSA) is 41.7 Å². The molecule has 8 aromatic carbocycles. The summed E-state index contributed by atoms with van der Waals surface area (Å²) < 4.78 is 2.44. The lowest BCUT2D eigenvalue weighted by Gasteiger charge is -2.48. The Kier molecular flexibility index (Phi) is 7.90. The molecule has 11 rings (SSSR count). The number of hydrogen-bond donors (Lipinski definition) is 1. The number of amidine groups is 2. The summed E-state index contributed by atoms with van der Waals surface area (Å²) in [5.74, 6) is 1.61. The van der Waals surface area contributed by atoms with E-state index in [1.165, 1.54) is 60.4 Å². The number of benzene rings is 8. The van der Waals surface area contributed by atoms with Gasteiger partial charge in [-0.3, -0.25) is 0 Å². The van der Waals surface area contributed by atoms with Crippen molar-refractivity contribution in [2.24, 2.45) is 9.98 Å². The summed E-state index contributed by atoms with van der Waals surface area (Å²) in [6.45, 7) is 9.69. The highest BCUT2D eigenvalue weighted by atomic mass is 15.2. The second-order valence-corrected chi connectivity index (χ2v) is 17.1. The number of nitrogens with zero attached hydrogens (tertiary/aromatic N) is 3. The normalized spacial score (nSPS) is 16.6. The summed E-state index contributed by atoms with van der Waals surface area (Å²) in [5.41, 5.74) is 14.3. The predicted octanol–water partition coefficient (Wildman–Crippen LogP) is 13.3. The van der Waals surface area contributed by atoms with Crippen molar-refractivity contribution in [3.8, 4) is 27.9 Å². The van der Waals surface area contributed by atoms with Gasteiger partial charge in [0.25, 0.3) is 0 Å². The van der Waals surface area contributed by atoms with Crippen LogP contribution in [-0.4, -0.2) is 16.2 Å². The predicted molar refractivity (Wildman–Crippen MR) is 247 cm³/mol. The van der Waals surface area contributed by atoms with Crippen LogP contribution in [0.4, 0.5) is 0 Å². The highest BCUT2D eigenvalue weighted by Crippen LogP contribution is 2.58. The summed E-state index contributed by atoms with van der Waals surface area (Å²) in [4.78, 5) is 10.5. The van der Waals surface area contributed by atoms with Crippen LogP contribution in [0.15, 0.2) is 192 Å². The molecule has 2 aliphatic rings. The maximum atomic E-state index is 5.26. The van der Waals surface area contributed by atoms with E-state index in [2.05, 4.69) is 214 Å². The molecule has 0 saturated heterocycles. The van der Waals surface area contributed by atoms with Crippen molar-refractivity contribution >= 4 is 44.2 Å². The van der Waals surface area contributed by atoms with Crippen molar-refractivity contribution in [1.29, 1.82) is 0 Å². The lowest BCUT2D eigenvalue weighted by Crippen LogP contribution is -2.43. The first-order chi connectivity index (χ1) is 28.8. The van der Waals surface area contributed by atoms with E-state index in [9.17, 15) is 0 Å². The maximum absolute atomic E-state index is 5.26. The first kappa shape index (κ1) is 35.1. The minimum Gasteiger partial charge on any atom is -0.324 e. The first-order valence-corrected chi connectivity index (χ1v) is 20.6. The van der Waals surface area contributed by atoms with E-state index in [1.54, 1.807) is 0 Å². The van der Waals surface area contributed by atoms with Gasteiger partial charge in [0.05, 0.1) is 11.0 Å². The molecule has 0 spiro atoms. The van der Waals surface area contributed by atoms with Gasteiger partial charge in [-0.15, -0.1) is 0 Å². The molecule has 1 unspecified atom stereocenters. The monoisotopic (exact) mass is 760 g/mol. The van der Waals surface area contributed by atoms with Crippen molar-refractivity contribution in [2.45, 2.75) is 44.7 Å². The Labute approximate surface area is 345 Å². The number of aliphatic imine (C=N–C) groups is 2. The van der Waals surface area contributed by atoms with Gasteiger partial charge in [0.1, 0.15) is 11.7 Å². The first-order valence-electron chi connectivity index (χ1n) is 20.6. The van der Waals surface area contributed by atoms with Crippen LogP contribution < -0.4 is 5.32 Å². The molecule has 1 aliphatic carbocycles. The zero-order valence-corrected chi connectivity index (χ0v) is 33.7. The Balaban J connectivity index is 1.06. The number of fused-ring (bicyclic) bond motifs is 9. The third-order valence-corrected chi connectivity index (χ3v) is 13.4. The number of hydrogen-bond acceptors (Lipinski definition) is 3. The fourth-order valence-corrected chi connectivity index (χ4v) is 9.62. The van der Waals surface area contributed by atoms with Gasteiger partial charge in [-0.25, -0.2) is 9.98 Å². The minimum absolute atomic E-state index is 0.0776. The van der Waals surface area contributed by atoms with E-state index in [4.69, 9.17) is 9.98 Å². The van der Waals surface area contributed by atoms with Crippen molar-refractivity contribution in [2.75, 3.05) is 0 Å². The zero-order chi connectivity index (χ0) is 39.9. The van der Waals surface area contributed by atoms with Crippen molar-refractivity contribution in [3.63, 3.8) is 0 Å². The molecule has 59 heavy (non-hydrogen) atoms. The molecule has 0 saturated carbocycles. The molecular weight excluding hydrogens is 717 g/mol. The largest absolute Gasteiger partial charge is 0.324 e. The lowest BCUT2D eigenvalue weighted by atomic mass is 9.54. The van der Waals surface area contributed by atoms with Gasteiger partial charge in [0.15, 0.2) is 6.17 Å². The number of rotatable bonds is 5. The van der Waals surface area contributed by atoms with Gasteiger partial charge in [0, 0.05) is 27.6 Å². The molecule has 0 bridgehead atoms. The highest BCUT2D eigenvalue weighted by molar-refractivity contribution is 6.20. The lowest BCUT2D eigenvalue weighted by molar-refractivity contribution is 0.300. The van der Waals surface area contributed by atoms with Crippen LogP contribution in [-0.2, 0) is 10.8 Å². The molecule has 0 radical (unpaired) electrons. The van der Waals surface area contributed by atoms with Crippen molar-refractivity contribution in [3.05, 3.63) is 210 Å². The summed E-state index contributed by atoms with van der Waals surface area (Å²) in [6, 6.07) is 65.6. The third kappa shape index (κ3) is 5.43. The molecule has 1 N–H and O–H groups in total. The second-order valence-electron chi connectivity index (χ2n) is 17.1. The molecule has 0 fully saturated rings. The van der Waals surface area contributed by atoms with Crippen LogP contribution in [0.3, 0.4) is 0 Å².